The van der Waals surface area contributed by atoms with E-state index in [0.717, 1.165) is 38.5 Å². The lowest BCUT2D eigenvalue weighted by atomic mass is 9.79. The number of ether oxygens (including phenoxy) is 10. The highest BCUT2D eigenvalue weighted by molar-refractivity contribution is 5.83. The van der Waals surface area contributed by atoms with Crippen molar-refractivity contribution in [1.29, 1.82) is 0 Å². The number of esters is 2. The fourth-order valence-corrected chi connectivity index (χ4v) is 15.3. The summed E-state index contributed by atoms with van der Waals surface area (Å²) in [7, 11) is 6.59. The molecule has 0 spiro atoms. The monoisotopic (exact) mass is 1390 g/mol. The smallest absolute Gasteiger partial charge is 0.331 e. The predicted octanol–water partition coefficient (Wildman–Crippen LogP) is 10.1. The van der Waals surface area contributed by atoms with Gasteiger partial charge in [0, 0.05) is 115 Å². The Morgan fingerprint density at radius 1 is 0.459 bits per heavy atom. The summed E-state index contributed by atoms with van der Waals surface area (Å²) in [4.78, 5) is 27.8. The molecule has 4 bridgehead atoms. The number of aliphatic hydroxyl groups is 8. The van der Waals surface area contributed by atoms with Gasteiger partial charge in [-0.2, -0.15) is 0 Å². The Labute approximate surface area is 587 Å². The van der Waals surface area contributed by atoms with Gasteiger partial charge in [0.25, 0.3) is 0 Å². The van der Waals surface area contributed by atoms with E-state index in [-0.39, 0.29) is 99.2 Å². The van der Waals surface area contributed by atoms with E-state index in [0.29, 0.717) is 49.7 Å². The Morgan fingerprint density at radius 2 is 0.827 bits per heavy atom. The summed E-state index contributed by atoms with van der Waals surface area (Å²) in [5.41, 5.74) is 1.37. The first-order chi connectivity index (χ1) is 46.4. The Bertz CT molecular complexity index is 2320. The van der Waals surface area contributed by atoms with Crippen LogP contribution in [0.1, 0.15) is 199 Å². The maximum absolute atomic E-state index is 13.9. The average molecular weight is 1390 g/mol. The van der Waals surface area contributed by atoms with E-state index in [1.807, 2.05) is 91.8 Å². The lowest BCUT2D eigenvalue weighted by Gasteiger charge is -2.37. The number of fused-ring (bicyclic) bond motifs is 4. The lowest BCUT2D eigenvalue weighted by molar-refractivity contribution is -0.155. The first kappa shape index (κ1) is 85.4. The van der Waals surface area contributed by atoms with Crippen molar-refractivity contribution in [2.24, 2.45) is 47.3 Å². The molecule has 0 aromatic rings. The third-order valence-electron chi connectivity index (χ3n) is 22.3. The molecule has 0 amide bonds. The van der Waals surface area contributed by atoms with Crippen LogP contribution in [0, 0.1) is 47.3 Å². The van der Waals surface area contributed by atoms with Gasteiger partial charge in [0.1, 0.15) is 12.2 Å². The molecule has 0 saturated carbocycles. The molecular formula is C78H132O20. The zero-order chi connectivity index (χ0) is 72.5. The highest BCUT2D eigenvalue weighted by Gasteiger charge is 2.42. The average Bonchev–Trinajstić information content (AvgIpc) is 0.858. The van der Waals surface area contributed by atoms with Crippen molar-refractivity contribution >= 4 is 11.9 Å². The standard InChI is InChI=1S/C78H132O20/c1-45-23-29-57(79)37-59-19-17-21-61(95-59)41-69(91-15)52(8)68(82)44-72(54(10)78(88)56(12)76(86)48(4)28-32-64-40-66(90-14)36-50(6)94-64)98-74(84)34-26-46(2)24-30-58(80)38-60-20-18-22-62(96-60)42-70(92-16)51(7)67(81)43-71(97-73(83)33-25-45)53(9)77(87)55(11)75(85)47(3)27-31-63-39-65(89-13)35-49(5)93-63/h17-20,23-26,33-34,47-72,75-82,85-88H,21-22,27-32,35-44H2,1-16H3/b33-25+,34-26+,45-23+,46-24+/t47-,48?,49-,50-,51+,52-,53-,54-,55-,56-,57?,58?,59+,60-,61-,62-,63?,64?,65-,66+,67-,68-,69-,70-,71+,72+,75-,76-,77-,78-/m0/s1. The summed E-state index contributed by atoms with van der Waals surface area (Å²) in [6.07, 6.45) is 14.2. The van der Waals surface area contributed by atoms with Crippen LogP contribution in [0.3, 0.4) is 0 Å². The van der Waals surface area contributed by atoms with Gasteiger partial charge in [0.15, 0.2) is 0 Å². The zero-order valence-electron chi connectivity index (χ0n) is 62.3. The second kappa shape index (κ2) is 43.1. The van der Waals surface area contributed by atoms with Crippen LogP contribution in [0.4, 0.5) is 0 Å². The van der Waals surface area contributed by atoms with Crippen LogP contribution in [0.5, 0.6) is 0 Å². The molecule has 0 aliphatic carbocycles. The summed E-state index contributed by atoms with van der Waals surface area (Å²) < 4.78 is 61.3. The number of cyclic esters (lactones) is 2. The number of methoxy groups -OCH3 is 4. The molecule has 2 fully saturated rings. The molecule has 0 aromatic carbocycles. The van der Waals surface area contributed by atoms with Gasteiger partial charge in [-0.15, -0.1) is 0 Å². The molecule has 8 N–H and O–H groups in total. The van der Waals surface area contributed by atoms with Crippen LogP contribution in [0.2, 0.25) is 0 Å². The molecular weight excluding hydrogens is 1260 g/mol. The van der Waals surface area contributed by atoms with Crippen LogP contribution in [-0.2, 0) is 57.0 Å². The largest absolute Gasteiger partial charge is 0.459 e. The topological polar surface area (TPSA) is 288 Å². The summed E-state index contributed by atoms with van der Waals surface area (Å²) in [6, 6.07) is 0. The van der Waals surface area contributed by atoms with E-state index in [2.05, 4.69) is 0 Å². The van der Waals surface area contributed by atoms with Crippen molar-refractivity contribution in [3.8, 4) is 0 Å². The van der Waals surface area contributed by atoms with E-state index < -0.39 is 133 Å². The Hall–Kier alpha value is -3.26. The summed E-state index contributed by atoms with van der Waals surface area (Å²) >= 11 is 0. The molecule has 564 valence electrons. The van der Waals surface area contributed by atoms with Gasteiger partial charge in [0.2, 0.25) is 0 Å². The highest BCUT2D eigenvalue weighted by atomic mass is 16.6. The number of hydrogen-bond acceptors (Lipinski definition) is 20. The number of hydrogen-bond donors (Lipinski definition) is 8. The molecule has 2 saturated heterocycles. The second-order valence-corrected chi connectivity index (χ2v) is 30.3. The first-order valence-corrected chi connectivity index (χ1v) is 37.1. The molecule has 5 aliphatic rings. The van der Waals surface area contributed by atoms with E-state index in [1.54, 1.807) is 68.3 Å². The van der Waals surface area contributed by atoms with E-state index in [1.165, 1.54) is 12.2 Å². The van der Waals surface area contributed by atoms with Gasteiger partial charge < -0.3 is 88.2 Å². The third-order valence-corrected chi connectivity index (χ3v) is 22.3. The summed E-state index contributed by atoms with van der Waals surface area (Å²) in [6.45, 7) is 22.5. The lowest BCUT2D eigenvalue weighted by Crippen LogP contribution is -2.45. The molecule has 0 aromatic heterocycles. The Morgan fingerprint density at radius 3 is 1.17 bits per heavy atom. The number of aliphatic hydroxyl groups excluding tert-OH is 8. The van der Waals surface area contributed by atoms with Crippen LogP contribution in [0.25, 0.3) is 0 Å². The fourth-order valence-electron chi connectivity index (χ4n) is 15.3. The molecule has 5 heterocycles. The number of carbonyl (C=O) groups is 2. The van der Waals surface area contributed by atoms with Gasteiger partial charge in [-0.3, -0.25) is 0 Å². The molecule has 0 radical (unpaired) electrons. The molecule has 98 heavy (non-hydrogen) atoms. The van der Waals surface area contributed by atoms with Crippen LogP contribution >= 0.6 is 0 Å². The maximum Gasteiger partial charge on any atom is 0.331 e. The number of allylic oxidation sites excluding steroid dienone is 4. The quantitative estimate of drug-likeness (QED) is 0.0415. The fraction of sp³-hybridized carbons (Fsp3) is 0.821. The van der Waals surface area contributed by atoms with Crippen LogP contribution < -0.4 is 0 Å². The third kappa shape index (κ3) is 28.1. The number of carbonyl (C=O) groups excluding carboxylic acids is 2. The summed E-state index contributed by atoms with van der Waals surface area (Å²) in [5, 5.41) is 94.5. The van der Waals surface area contributed by atoms with Gasteiger partial charge in [-0.25, -0.2) is 9.59 Å². The SMILES string of the molecule is CO[C@@H]1CC(CC[C@H](C)[C@H](O)[C@H](C)[C@@H](O)[C@@H](C)[C@H]2C[C@H](O)[C@@H](C)[C@@H](OC)C[C@@H]3CC=C[C@@H](CC(O)C/C=C(C)/C=C/C(=O)O[C@@H]([C@H](C)[C@H](O)[C@@H](C)[C@@H](O)C(C)CCC4C[C@H](OC)C[C@H](C)O4)C[C@H](O)[C@H](C)[C@@H](OC)C[C@@H]4CC=C[C@H](CC(O)C/C=C(C)/C=C/C(=O)O2)O4)O3)O[C@@H](C)C1. The minimum absolute atomic E-state index is 0.00669. The predicted molar refractivity (Wildman–Crippen MR) is 377 cm³/mol. The molecule has 5 unspecified atom stereocenters. The van der Waals surface area contributed by atoms with Crippen molar-refractivity contribution in [2.75, 3.05) is 28.4 Å². The van der Waals surface area contributed by atoms with Crippen LogP contribution in [0.15, 0.2) is 71.9 Å². The molecule has 20 heteroatoms. The van der Waals surface area contributed by atoms with Crippen molar-refractivity contribution in [3.05, 3.63) is 71.9 Å². The van der Waals surface area contributed by atoms with E-state index in [4.69, 9.17) is 47.4 Å². The summed E-state index contributed by atoms with van der Waals surface area (Å²) in [5.74, 6) is -5.49. The van der Waals surface area contributed by atoms with Crippen molar-refractivity contribution < 1.29 is 97.8 Å². The van der Waals surface area contributed by atoms with Crippen LogP contribution in [-0.4, -0.2) is 216 Å². The zero-order valence-corrected chi connectivity index (χ0v) is 62.3. The molecule has 5 rings (SSSR count). The van der Waals surface area contributed by atoms with Gasteiger partial charge in [0.05, 0.1) is 122 Å². The minimum atomic E-state index is -1.13. The number of rotatable bonds is 20. The van der Waals surface area contributed by atoms with Gasteiger partial charge >= 0.3 is 11.9 Å². The first-order valence-electron chi connectivity index (χ1n) is 37.1. The second-order valence-electron chi connectivity index (χ2n) is 30.3. The molecule has 20 nitrogen and oxygen atoms in total. The highest BCUT2D eigenvalue weighted by Crippen LogP contribution is 2.36. The van der Waals surface area contributed by atoms with Crippen molar-refractivity contribution in [3.63, 3.8) is 0 Å². The molecule has 5 aliphatic heterocycles. The van der Waals surface area contributed by atoms with Gasteiger partial charge in [-0.05, 0) is 117 Å². The van der Waals surface area contributed by atoms with E-state index in [9.17, 15) is 50.4 Å². The Kier molecular flexibility index (Phi) is 37.6. The van der Waals surface area contributed by atoms with Crippen molar-refractivity contribution in [1.82, 2.24) is 0 Å². The Balaban J connectivity index is 1.35. The minimum Gasteiger partial charge on any atom is -0.459 e. The van der Waals surface area contributed by atoms with Gasteiger partial charge in [-0.1, -0.05) is 115 Å². The normalized spacial score (nSPS) is 38.9. The van der Waals surface area contributed by atoms with E-state index >= 15 is 0 Å². The van der Waals surface area contributed by atoms with Crippen molar-refractivity contribution in [2.45, 2.75) is 333 Å². The maximum atomic E-state index is 13.9. The molecule has 30 atom stereocenters.